The summed E-state index contributed by atoms with van der Waals surface area (Å²) in [6.45, 7) is 6.60. The van der Waals surface area contributed by atoms with Crippen LogP contribution in [-0.2, 0) is 6.54 Å². The van der Waals surface area contributed by atoms with Crippen LogP contribution in [-0.4, -0.2) is 11.9 Å². The maximum absolute atomic E-state index is 3.52. The van der Waals surface area contributed by atoms with Crippen LogP contribution in [0.4, 0.5) is 0 Å². The van der Waals surface area contributed by atoms with Gasteiger partial charge in [0.25, 0.3) is 0 Å². The average molecular weight is 312 g/mol. The maximum Gasteiger partial charge on any atom is 0.0205 e. The van der Waals surface area contributed by atoms with Gasteiger partial charge in [0.2, 0.25) is 0 Å². The Hall–Kier alpha value is -0.340. The number of hydrogen-bond acceptors (Lipinski definition) is 1. The van der Waals surface area contributed by atoms with Crippen LogP contribution in [0.1, 0.15) is 56.6 Å². The fourth-order valence-electron chi connectivity index (χ4n) is 1.95. The van der Waals surface area contributed by atoms with E-state index < -0.39 is 0 Å². The number of unbranched alkanes of at least 4 members (excludes halogenated alkanes) is 3. The second-order valence-corrected chi connectivity index (χ2v) is 5.97. The van der Waals surface area contributed by atoms with Crippen molar-refractivity contribution in [2.45, 2.75) is 52.0 Å². The summed E-state index contributed by atoms with van der Waals surface area (Å²) < 4.78 is 0. The molecule has 1 aromatic carbocycles. The maximum atomic E-state index is 3.52. The molecule has 1 aromatic rings. The lowest BCUT2D eigenvalue weighted by molar-refractivity contribution is 0.600. The molecule has 102 valence electrons. The lowest BCUT2D eigenvalue weighted by atomic mass is 10.0. The highest BCUT2D eigenvalue weighted by molar-refractivity contribution is 9.09. The third-order valence-corrected chi connectivity index (χ3v) is 3.77. The van der Waals surface area contributed by atoms with Gasteiger partial charge in [0, 0.05) is 11.9 Å². The molecule has 0 aliphatic carbocycles. The van der Waals surface area contributed by atoms with Gasteiger partial charge in [-0.3, -0.25) is 0 Å². The van der Waals surface area contributed by atoms with Gasteiger partial charge in [-0.05, 0) is 36.4 Å². The molecular formula is C16H26BrN. The number of benzene rings is 1. The van der Waals surface area contributed by atoms with Crippen molar-refractivity contribution in [3.05, 3.63) is 35.4 Å². The Morgan fingerprint density at radius 2 is 1.67 bits per heavy atom. The molecule has 0 bridgehead atoms. The lowest BCUT2D eigenvalue weighted by Crippen LogP contribution is -2.14. The zero-order valence-electron chi connectivity index (χ0n) is 11.7. The minimum Gasteiger partial charge on any atom is -0.313 e. The molecule has 0 saturated carbocycles. The largest absolute Gasteiger partial charge is 0.313 e. The molecule has 2 heteroatoms. The first kappa shape index (κ1) is 15.7. The van der Waals surface area contributed by atoms with Crippen molar-refractivity contribution < 1.29 is 0 Å². The van der Waals surface area contributed by atoms with Gasteiger partial charge in [-0.15, -0.1) is 0 Å². The summed E-state index contributed by atoms with van der Waals surface area (Å²) in [5, 5.41) is 4.66. The Kier molecular flexibility index (Phi) is 8.36. The Morgan fingerprint density at radius 3 is 2.28 bits per heavy atom. The molecule has 0 aliphatic rings. The monoisotopic (exact) mass is 311 g/mol. The quantitative estimate of drug-likeness (QED) is 0.507. The van der Waals surface area contributed by atoms with Gasteiger partial charge >= 0.3 is 0 Å². The Bertz CT molecular complexity index is 305. The number of hydrogen-bond donors (Lipinski definition) is 1. The predicted molar refractivity (Wildman–Crippen MR) is 84.5 cm³/mol. The SMILES string of the molecule is CC(C)c1ccc(CNCCCCCCBr)cc1. The van der Waals surface area contributed by atoms with Gasteiger partial charge in [0.15, 0.2) is 0 Å². The number of halogens is 1. The van der Waals surface area contributed by atoms with Crippen molar-refractivity contribution >= 4 is 15.9 Å². The normalized spacial score (nSPS) is 11.1. The van der Waals surface area contributed by atoms with E-state index in [9.17, 15) is 0 Å². The molecule has 1 nitrogen and oxygen atoms in total. The van der Waals surface area contributed by atoms with Crippen LogP contribution in [0.25, 0.3) is 0 Å². The predicted octanol–water partition coefficient (Wildman–Crippen LogP) is 4.85. The molecule has 0 unspecified atom stereocenters. The molecule has 0 aromatic heterocycles. The molecule has 0 heterocycles. The summed E-state index contributed by atoms with van der Waals surface area (Å²) in [4.78, 5) is 0. The molecule has 0 saturated heterocycles. The van der Waals surface area contributed by atoms with E-state index in [0.29, 0.717) is 5.92 Å². The van der Waals surface area contributed by atoms with Gasteiger partial charge in [0.1, 0.15) is 0 Å². The molecule has 1 rings (SSSR count). The van der Waals surface area contributed by atoms with Crippen LogP contribution in [0.3, 0.4) is 0 Å². The van der Waals surface area contributed by atoms with Crippen LogP contribution >= 0.6 is 15.9 Å². The third-order valence-electron chi connectivity index (χ3n) is 3.21. The van der Waals surface area contributed by atoms with Crippen molar-refractivity contribution in [2.75, 3.05) is 11.9 Å². The minimum absolute atomic E-state index is 0.626. The van der Waals surface area contributed by atoms with Crippen molar-refractivity contribution in [3.63, 3.8) is 0 Å². The molecule has 0 fully saturated rings. The second kappa shape index (κ2) is 9.57. The lowest BCUT2D eigenvalue weighted by Gasteiger charge is -2.08. The van der Waals surface area contributed by atoms with Gasteiger partial charge in [-0.25, -0.2) is 0 Å². The number of alkyl halides is 1. The van der Waals surface area contributed by atoms with Crippen molar-refractivity contribution in [1.82, 2.24) is 5.32 Å². The van der Waals surface area contributed by atoms with E-state index in [-0.39, 0.29) is 0 Å². The molecular weight excluding hydrogens is 286 g/mol. The molecule has 0 atom stereocenters. The van der Waals surface area contributed by atoms with Gasteiger partial charge in [0.05, 0.1) is 0 Å². The summed E-state index contributed by atoms with van der Waals surface area (Å²) in [6, 6.07) is 8.98. The Balaban J connectivity index is 2.12. The van der Waals surface area contributed by atoms with Crippen molar-refractivity contribution in [1.29, 1.82) is 0 Å². The molecule has 0 radical (unpaired) electrons. The van der Waals surface area contributed by atoms with E-state index in [1.54, 1.807) is 0 Å². The summed E-state index contributed by atoms with van der Waals surface area (Å²) in [5.41, 5.74) is 2.81. The molecule has 0 spiro atoms. The van der Waals surface area contributed by atoms with Gasteiger partial charge in [-0.1, -0.05) is 66.9 Å². The zero-order valence-corrected chi connectivity index (χ0v) is 13.3. The van der Waals surface area contributed by atoms with Crippen LogP contribution in [0.2, 0.25) is 0 Å². The molecule has 1 N–H and O–H groups in total. The Morgan fingerprint density at radius 1 is 1.00 bits per heavy atom. The highest BCUT2D eigenvalue weighted by Gasteiger charge is 1.98. The third kappa shape index (κ3) is 6.55. The fraction of sp³-hybridized carbons (Fsp3) is 0.625. The minimum atomic E-state index is 0.626. The summed E-state index contributed by atoms with van der Waals surface area (Å²) in [5.74, 6) is 0.626. The van der Waals surface area contributed by atoms with Crippen LogP contribution in [0, 0.1) is 0 Å². The van der Waals surface area contributed by atoms with Crippen LogP contribution in [0.15, 0.2) is 24.3 Å². The van der Waals surface area contributed by atoms with E-state index in [2.05, 4.69) is 59.4 Å². The smallest absolute Gasteiger partial charge is 0.0205 e. The van der Waals surface area contributed by atoms with E-state index >= 15 is 0 Å². The van der Waals surface area contributed by atoms with E-state index in [1.165, 1.54) is 36.8 Å². The second-order valence-electron chi connectivity index (χ2n) is 5.18. The van der Waals surface area contributed by atoms with E-state index in [1.807, 2.05) is 0 Å². The first-order chi connectivity index (χ1) is 8.74. The first-order valence-electron chi connectivity index (χ1n) is 7.09. The van der Waals surface area contributed by atoms with E-state index in [4.69, 9.17) is 0 Å². The highest BCUT2D eigenvalue weighted by Crippen LogP contribution is 2.14. The number of rotatable bonds is 9. The summed E-state index contributed by atoms with van der Waals surface area (Å²) in [6.07, 6.45) is 5.27. The van der Waals surface area contributed by atoms with Crippen LogP contribution < -0.4 is 5.32 Å². The molecule has 18 heavy (non-hydrogen) atoms. The van der Waals surface area contributed by atoms with Crippen molar-refractivity contribution in [2.24, 2.45) is 0 Å². The zero-order chi connectivity index (χ0) is 13.2. The number of nitrogens with one attached hydrogen (secondary N) is 1. The standard InChI is InChI=1S/C16H26BrN/c1-14(2)16-9-7-15(8-10-16)13-18-12-6-4-3-5-11-17/h7-10,14,18H,3-6,11-13H2,1-2H3. The van der Waals surface area contributed by atoms with Crippen molar-refractivity contribution in [3.8, 4) is 0 Å². The Labute approximate surface area is 120 Å². The highest BCUT2D eigenvalue weighted by atomic mass is 79.9. The molecule has 0 aliphatic heterocycles. The van der Waals surface area contributed by atoms with Gasteiger partial charge < -0.3 is 5.32 Å². The molecule has 0 amide bonds. The summed E-state index contributed by atoms with van der Waals surface area (Å²) >= 11 is 3.46. The van der Waals surface area contributed by atoms with Gasteiger partial charge in [-0.2, -0.15) is 0 Å². The topological polar surface area (TPSA) is 12.0 Å². The summed E-state index contributed by atoms with van der Waals surface area (Å²) in [7, 11) is 0. The van der Waals surface area contributed by atoms with Crippen LogP contribution in [0.5, 0.6) is 0 Å². The fourth-order valence-corrected chi connectivity index (χ4v) is 2.35. The average Bonchev–Trinajstić information content (AvgIpc) is 2.38. The van der Waals surface area contributed by atoms with E-state index in [0.717, 1.165) is 18.4 Å². The first-order valence-corrected chi connectivity index (χ1v) is 8.21.